The van der Waals surface area contributed by atoms with Crippen LogP contribution >= 0.6 is 0 Å². The van der Waals surface area contributed by atoms with Gasteiger partial charge in [0.15, 0.2) is 0 Å². The number of amides is 2. The number of nitrogens with one attached hydrogen (secondary N) is 1. The first kappa shape index (κ1) is 15.7. The first-order valence-corrected chi connectivity index (χ1v) is 8.30. The summed E-state index contributed by atoms with van der Waals surface area (Å²) in [7, 11) is 0. The van der Waals surface area contributed by atoms with Crippen LogP contribution in [-0.2, 0) is 0 Å². The van der Waals surface area contributed by atoms with Crippen LogP contribution < -0.4 is 5.32 Å². The zero-order valence-electron chi connectivity index (χ0n) is 13.5. The maximum atomic E-state index is 13.2. The zero-order chi connectivity index (χ0) is 17.4. The maximum absolute atomic E-state index is 13.2. The van der Waals surface area contributed by atoms with Gasteiger partial charge >= 0.3 is 0 Å². The van der Waals surface area contributed by atoms with E-state index in [9.17, 15) is 14.0 Å². The van der Waals surface area contributed by atoms with Crippen LogP contribution in [-0.4, -0.2) is 35.8 Å². The first-order chi connectivity index (χ1) is 12.1. The molecule has 0 saturated heterocycles. The molecule has 1 N–H and O–H groups in total. The highest BCUT2D eigenvalue weighted by Crippen LogP contribution is 2.27. The number of hydrogen-bond acceptors (Lipinski definition) is 3. The fourth-order valence-electron chi connectivity index (χ4n) is 3.45. The van der Waals surface area contributed by atoms with Crippen LogP contribution in [0.3, 0.4) is 0 Å². The first-order valence-electron chi connectivity index (χ1n) is 8.30. The molecule has 0 aliphatic carbocycles. The number of nitrogens with zero attached hydrogens (tertiary/aromatic N) is 1. The lowest BCUT2D eigenvalue weighted by molar-refractivity contribution is 0.0647. The van der Waals surface area contributed by atoms with Crippen molar-refractivity contribution in [1.29, 1.82) is 0 Å². The number of benzene rings is 2. The quantitative estimate of drug-likeness (QED) is 0.877. The van der Waals surface area contributed by atoms with E-state index in [-0.39, 0.29) is 30.2 Å². The van der Waals surface area contributed by atoms with Crippen molar-refractivity contribution in [1.82, 2.24) is 10.2 Å². The Bertz CT molecular complexity index is 839. The summed E-state index contributed by atoms with van der Waals surface area (Å²) in [6.45, 7) is 1.04. The van der Waals surface area contributed by atoms with Gasteiger partial charge in [-0.05, 0) is 48.4 Å². The topological polar surface area (TPSA) is 49.4 Å². The minimum atomic E-state index is -0.287. The molecular weight excluding hydrogens is 319 g/mol. The van der Waals surface area contributed by atoms with Gasteiger partial charge in [-0.15, -0.1) is 0 Å². The summed E-state index contributed by atoms with van der Waals surface area (Å²) in [6, 6.07) is 13.0. The molecule has 0 radical (unpaired) electrons. The predicted octanol–water partition coefficient (Wildman–Crippen LogP) is 2.87. The minimum Gasteiger partial charge on any atom is -0.308 e. The Morgan fingerprint density at radius 1 is 1.00 bits per heavy atom. The van der Waals surface area contributed by atoms with Crippen LogP contribution in [0.2, 0.25) is 0 Å². The highest BCUT2D eigenvalue weighted by Gasteiger charge is 2.37. The number of carbonyl (C=O) groups is 2. The Hall–Kier alpha value is -2.79. The van der Waals surface area contributed by atoms with Gasteiger partial charge in [0.1, 0.15) is 5.82 Å². The molecule has 2 amide bonds. The van der Waals surface area contributed by atoms with Crippen LogP contribution in [0.15, 0.2) is 54.6 Å². The van der Waals surface area contributed by atoms with E-state index in [0.717, 1.165) is 24.1 Å². The van der Waals surface area contributed by atoms with Gasteiger partial charge in [-0.3, -0.25) is 14.5 Å². The lowest BCUT2D eigenvalue weighted by atomic mass is 9.94. The molecule has 25 heavy (non-hydrogen) atoms. The summed E-state index contributed by atoms with van der Waals surface area (Å²) in [6.07, 6.45) is 2.94. The van der Waals surface area contributed by atoms with Crippen molar-refractivity contribution in [2.45, 2.75) is 12.5 Å². The molecule has 0 saturated carbocycles. The molecule has 4 rings (SSSR count). The molecule has 2 aliphatic heterocycles. The molecule has 126 valence electrons. The number of hydrogen-bond donors (Lipinski definition) is 1. The van der Waals surface area contributed by atoms with E-state index in [4.69, 9.17) is 0 Å². The summed E-state index contributed by atoms with van der Waals surface area (Å²) in [5.74, 6) is -0.803. The number of halogens is 1. The average Bonchev–Trinajstić information content (AvgIpc) is 2.88. The number of imide groups is 1. The van der Waals surface area contributed by atoms with E-state index in [1.165, 1.54) is 17.0 Å². The van der Waals surface area contributed by atoms with Crippen molar-refractivity contribution in [3.05, 3.63) is 77.1 Å². The van der Waals surface area contributed by atoms with Crippen molar-refractivity contribution in [2.24, 2.45) is 0 Å². The van der Waals surface area contributed by atoms with Crippen LogP contribution in [0.4, 0.5) is 4.39 Å². The van der Waals surface area contributed by atoms with E-state index >= 15 is 0 Å². The van der Waals surface area contributed by atoms with E-state index in [0.29, 0.717) is 11.1 Å². The fourth-order valence-corrected chi connectivity index (χ4v) is 3.45. The molecule has 1 atom stereocenters. The Morgan fingerprint density at radius 2 is 1.64 bits per heavy atom. The van der Waals surface area contributed by atoms with E-state index < -0.39 is 0 Å². The second-order valence-corrected chi connectivity index (χ2v) is 6.23. The molecule has 2 aliphatic rings. The molecule has 0 bridgehead atoms. The Balaban J connectivity index is 1.61. The third-order valence-electron chi connectivity index (χ3n) is 4.70. The monoisotopic (exact) mass is 336 g/mol. The van der Waals surface area contributed by atoms with Gasteiger partial charge in [-0.25, -0.2) is 4.39 Å². The lowest BCUT2D eigenvalue weighted by Gasteiger charge is -2.29. The van der Waals surface area contributed by atoms with Crippen LogP contribution in [0.25, 0.3) is 5.57 Å². The summed E-state index contributed by atoms with van der Waals surface area (Å²) >= 11 is 0. The highest BCUT2D eigenvalue weighted by molar-refractivity contribution is 6.21. The van der Waals surface area contributed by atoms with Gasteiger partial charge in [0.05, 0.1) is 17.2 Å². The van der Waals surface area contributed by atoms with Crippen LogP contribution in [0.5, 0.6) is 0 Å². The molecule has 2 aromatic rings. The summed E-state index contributed by atoms with van der Waals surface area (Å²) < 4.78 is 13.2. The fraction of sp³-hybridized carbons (Fsp3) is 0.200. The molecule has 2 aromatic carbocycles. The minimum absolute atomic E-state index is 0.165. The van der Waals surface area contributed by atoms with Crippen molar-refractivity contribution in [3.63, 3.8) is 0 Å². The zero-order valence-corrected chi connectivity index (χ0v) is 13.5. The molecule has 0 unspecified atom stereocenters. The molecule has 4 nitrogen and oxygen atoms in total. The largest absolute Gasteiger partial charge is 0.308 e. The molecule has 0 spiro atoms. The van der Waals surface area contributed by atoms with Gasteiger partial charge in [0.25, 0.3) is 11.8 Å². The van der Waals surface area contributed by atoms with Gasteiger partial charge < -0.3 is 5.32 Å². The number of carbonyl (C=O) groups excluding carboxylic acids is 2. The standard InChI is InChI=1S/C20H17FN2O2/c21-14-9-7-13(8-10-14)15-6-3-11-22-18(15)12-23-19(24)16-4-1-2-5-17(16)20(23)25/h1-2,4-10,18,22H,3,11-12H2/t18-/m1/s1. The van der Waals surface area contributed by atoms with E-state index in [1.807, 2.05) is 0 Å². The van der Waals surface area contributed by atoms with Crippen molar-refractivity contribution >= 4 is 17.4 Å². The van der Waals surface area contributed by atoms with E-state index in [2.05, 4.69) is 11.4 Å². The summed E-state index contributed by atoms with van der Waals surface area (Å²) in [5, 5.41) is 3.37. The SMILES string of the molecule is O=C1c2ccccc2C(=O)N1C[C@H]1NCCC=C1c1ccc(F)cc1. The van der Waals surface area contributed by atoms with Gasteiger partial charge in [-0.1, -0.05) is 30.3 Å². The summed E-state index contributed by atoms with van der Waals surface area (Å²) in [4.78, 5) is 26.5. The third-order valence-corrected chi connectivity index (χ3v) is 4.70. The second-order valence-electron chi connectivity index (χ2n) is 6.23. The molecule has 0 fully saturated rings. The smallest absolute Gasteiger partial charge is 0.261 e. The van der Waals surface area contributed by atoms with Gasteiger partial charge in [-0.2, -0.15) is 0 Å². The van der Waals surface area contributed by atoms with Crippen molar-refractivity contribution < 1.29 is 14.0 Å². The highest BCUT2D eigenvalue weighted by atomic mass is 19.1. The van der Waals surface area contributed by atoms with Crippen LogP contribution in [0.1, 0.15) is 32.7 Å². The third kappa shape index (κ3) is 2.76. The molecular formula is C20H17FN2O2. The van der Waals surface area contributed by atoms with Crippen molar-refractivity contribution in [2.75, 3.05) is 13.1 Å². The Kier molecular flexibility index (Phi) is 3.93. The Morgan fingerprint density at radius 3 is 2.28 bits per heavy atom. The summed E-state index contributed by atoms with van der Waals surface area (Å²) in [5.41, 5.74) is 2.80. The molecule has 5 heteroatoms. The Labute approximate surface area is 145 Å². The number of fused-ring (bicyclic) bond motifs is 1. The molecule has 0 aromatic heterocycles. The van der Waals surface area contributed by atoms with E-state index in [1.54, 1.807) is 36.4 Å². The normalized spacial score (nSPS) is 19.8. The van der Waals surface area contributed by atoms with Crippen LogP contribution in [0, 0.1) is 5.82 Å². The molecule has 2 heterocycles. The van der Waals surface area contributed by atoms with Gasteiger partial charge in [0, 0.05) is 6.54 Å². The van der Waals surface area contributed by atoms with Crippen molar-refractivity contribution in [3.8, 4) is 0 Å². The second kappa shape index (κ2) is 6.26. The number of rotatable bonds is 3. The van der Waals surface area contributed by atoms with Gasteiger partial charge in [0.2, 0.25) is 0 Å². The maximum Gasteiger partial charge on any atom is 0.261 e. The average molecular weight is 336 g/mol. The predicted molar refractivity (Wildman–Crippen MR) is 92.6 cm³/mol. The lowest BCUT2D eigenvalue weighted by Crippen LogP contribution is -2.45.